The highest BCUT2D eigenvalue weighted by atomic mass is 32.1. The van der Waals surface area contributed by atoms with E-state index in [1.54, 1.807) is 14.0 Å². The monoisotopic (exact) mass is 358 g/mol. The van der Waals surface area contributed by atoms with Gasteiger partial charge in [-0.05, 0) is 32.7 Å². The first-order chi connectivity index (χ1) is 10.7. The van der Waals surface area contributed by atoms with Crippen molar-refractivity contribution in [1.29, 1.82) is 0 Å². The number of nitrogens with zero attached hydrogens (tertiary/aromatic N) is 1. The Morgan fingerprint density at radius 2 is 2.00 bits per heavy atom. The number of likely N-dealkylation sites (tertiary alicyclic amines) is 1. The van der Waals surface area contributed by atoms with Crippen molar-refractivity contribution in [3.8, 4) is 0 Å². The summed E-state index contributed by atoms with van der Waals surface area (Å²) in [6, 6.07) is -1.01. The van der Waals surface area contributed by atoms with E-state index in [4.69, 9.17) is 10.6 Å². The summed E-state index contributed by atoms with van der Waals surface area (Å²) in [5.74, 6) is 5.84. The van der Waals surface area contributed by atoms with Crippen molar-refractivity contribution in [2.75, 3.05) is 20.7 Å². The fourth-order valence-electron chi connectivity index (χ4n) is 3.54. The normalized spacial score (nSPS) is 30.9. The number of halogens is 3. The number of likely N-dealkylation sites (N-methyl/N-ethyl adjacent to an activating group) is 1. The van der Waals surface area contributed by atoms with Crippen LogP contribution in [0.2, 0.25) is 0 Å². The van der Waals surface area contributed by atoms with Gasteiger partial charge in [-0.3, -0.25) is 16.2 Å². The number of alkyl halides is 3. The number of methoxy groups -OCH3 is 1. The topological polar surface area (TPSA) is 62.5 Å². The lowest BCUT2D eigenvalue weighted by molar-refractivity contribution is -0.278. The molecule has 1 heterocycles. The Bertz CT molecular complexity index is 359. The van der Waals surface area contributed by atoms with Crippen LogP contribution in [-0.2, 0) is 4.74 Å². The highest BCUT2D eigenvalue weighted by Gasteiger charge is 2.51. The molecule has 0 aromatic heterocycles. The van der Waals surface area contributed by atoms with Crippen LogP contribution in [0.3, 0.4) is 0 Å². The van der Waals surface area contributed by atoms with Crippen LogP contribution < -0.4 is 16.6 Å². The number of nitrogens with two attached hydrogens (primary N) is 1. The van der Waals surface area contributed by atoms with Crippen LogP contribution in [0.15, 0.2) is 0 Å². The second kappa shape index (κ2) is 8.87. The number of thiol groups is 1. The fourth-order valence-corrected chi connectivity index (χ4v) is 3.78. The van der Waals surface area contributed by atoms with E-state index in [0.29, 0.717) is 19.4 Å². The first-order valence-electron chi connectivity index (χ1n) is 7.83. The van der Waals surface area contributed by atoms with E-state index in [9.17, 15) is 13.2 Å². The zero-order valence-corrected chi connectivity index (χ0v) is 15.0. The van der Waals surface area contributed by atoms with E-state index in [2.05, 4.69) is 23.4 Å². The number of ether oxygens (including phenoxy) is 1. The predicted octanol–water partition coefficient (Wildman–Crippen LogP) is 1.36. The van der Waals surface area contributed by atoms with Gasteiger partial charge in [0.25, 0.3) is 0 Å². The molecule has 6 atom stereocenters. The average molecular weight is 358 g/mol. The third-order valence-corrected chi connectivity index (χ3v) is 5.06. The lowest BCUT2D eigenvalue weighted by Gasteiger charge is -2.50. The van der Waals surface area contributed by atoms with Crippen LogP contribution in [0.1, 0.15) is 26.7 Å². The molecule has 23 heavy (non-hydrogen) atoms. The molecule has 0 radical (unpaired) electrons. The molecule has 0 amide bonds. The molecule has 0 spiro atoms. The SMILES string of the molecule is CNCC(NN)C1CC(C(C)S)CC(C)N1C(OC)C(F)(F)F. The summed E-state index contributed by atoms with van der Waals surface area (Å²) in [4.78, 5) is 1.41. The van der Waals surface area contributed by atoms with Crippen molar-refractivity contribution in [3.05, 3.63) is 0 Å². The van der Waals surface area contributed by atoms with Crippen LogP contribution in [0.4, 0.5) is 13.2 Å². The Morgan fingerprint density at radius 3 is 2.39 bits per heavy atom. The first-order valence-corrected chi connectivity index (χ1v) is 8.34. The van der Waals surface area contributed by atoms with Gasteiger partial charge in [0.15, 0.2) is 0 Å². The van der Waals surface area contributed by atoms with Gasteiger partial charge in [-0.25, -0.2) is 0 Å². The van der Waals surface area contributed by atoms with Gasteiger partial charge in [0.05, 0.1) is 0 Å². The molecule has 0 aromatic carbocycles. The molecule has 4 N–H and O–H groups in total. The molecular weight excluding hydrogens is 329 g/mol. The summed E-state index contributed by atoms with van der Waals surface area (Å²) in [5, 5.41) is 3.09. The van der Waals surface area contributed by atoms with Gasteiger partial charge in [-0.2, -0.15) is 25.8 Å². The zero-order valence-electron chi connectivity index (χ0n) is 14.1. The highest BCUT2D eigenvalue weighted by Crippen LogP contribution is 2.38. The second-order valence-corrected chi connectivity index (χ2v) is 7.11. The number of rotatable bonds is 7. The standard InChI is InChI=1S/C14H29F3N4OS/c1-8-5-10(9(2)23)6-12(11(20-18)7-19-3)21(8)13(22-4)14(15,16)17/h8-13,19-20,23H,5-7,18H2,1-4H3. The Labute approximate surface area is 141 Å². The van der Waals surface area contributed by atoms with Crippen LogP contribution in [0.25, 0.3) is 0 Å². The third kappa shape index (κ3) is 5.20. The lowest BCUT2D eigenvalue weighted by atomic mass is 9.81. The predicted molar refractivity (Wildman–Crippen MR) is 88.2 cm³/mol. The van der Waals surface area contributed by atoms with Crippen LogP contribution in [0.5, 0.6) is 0 Å². The zero-order chi connectivity index (χ0) is 17.8. The van der Waals surface area contributed by atoms with Gasteiger partial charge in [0.1, 0.15) is 0 Å². The molecule has 1 aliphatic heterocycles. The van der Waals surface area contributed by atoms with E-state index >= 15 is 0 Å². The molecule has 1 aliphatic rings. The van der Waals surface area contributed by atoms with Crippen molar-refractivity contribution in [1.82, 2.24) is 15.6 Å². The lowest BCUT2D eigenvalue weighted by Crippen LogP contribution is -2.66. The van der Waals surface area contributed by atoms with Crippen LogP contribution in [-0.4, -0.2) is 61.4 Å². The molecule has 6 unspecified atom stereocenters. The number of hydrogen-bond acceptors (Lipinski definition) is 6. The Balaban J connectivity index is 3.15. The van der Waals surface area contributed by atoms with Crippen molar-refractivity contribution >= 4 is 12.6 Å². The Kier molecular flexibility index (Phi) is 8.09. The Hall–Kier alpha value is -0.0600. The largest absolute Gasteiger partial charge is 0.428 e. The number of piperidine rings is 1. The molecule has 1 saturated heterocycles. The third-order valence-electron chi connectivity index (χ3n) is 4.64. The molecule has 0 aliphatic carbocycles. The molecule has 0 saturated carbocycles. The average Bonchev–Trinajstić information content (AvgIpc) is 2.45. The maximum atomic E-state index is 13.4. The summed E-state index contributed by atoms with van der Waals surface area (Å²) < 4.78 is 45.1. The quantitative estimate of drug-likeness (QED) is 0.315. The number of hydrogen-bond donors (Lipinski definition) is 4. The smallest absolute Gasteiger partial charge is 0.357 e. The van der Waals surface area contributed by atoms with E-state index in [1.165, 1.54) is 4.90 Å². The van der Waals surface area contributed by atoms with E-state index in [-0.39, 0.29) is 23.3 Å². The van der Waals surface area contributed by atoms with Gasteiger partial charge in [0, 0.05) is 37.0 Å². The van der Waals surface area contributed by atoms with E-state index in [1.807, 2.05) is 6.92 Å². The molecule has 9 heteroatoms. The minimum Gasteiger partial charge on any atom is -0.357 e. The molecule has 138 valence electrons. The van der Waals surface area contributed by atoms with Crippen molar-refractivity contribution in [2.24, 2.45) is 11.8 Å². The summed E-state index contributed by atoms with van der Waals surface area (Å²) in [5.41, 5.74) is 2.66. The maximum absolute atomic E-state index is 13.4. The molecule has 1 fully saturated rings. The van der Waals surface area contributed by atoms with Crippen molar-refractivity contribution in [2.45, 2.75) is 62.5 Å². The van der Waals surface area contributed by atoms with Crippen molar-refractivity contribution in [3.63, 3.8) is 0 Å². The Morgan fingerprint density at radius 1 is 1.39 bits per heavy atom. The number of hydrazine groups is 1. The van der Waals surface area contributed by atoms with E-state index < -0.39 is 18.4 Å². The van der Waals surface area contributed by atoms with Crippen molar-refractivity contribution < 1.29 is 17.9 Å². The minimum absolute atomic E-state index is 0.113. The second-order valence-electron chi connectivity index (χ2n) is 6.30. The van der Waals surface area contributed by atoms with E-state index in [0.717, 1.165) is 7.11 Å². The van der Waals surface area contributed by atoms with Crippen LogP contribution >= 0.6 is 12.6 Å². The first kappa shape index (κ1) is 21.0. The molecule has 5 nitrogen and oxygen atoms in total. The molecule has 0 bridgehead atoms. The summed E-state index contributed by atoms with van der Waals surface area (Å²) in [7, 11) is 2.84. The minimum atomic E-state index is -4.46. The molecule has 0 aromatic rings. The summed E-state index contributed by atoms with van der Waals surface area (Å²) >= 11 is 4.49. The summed E-state index contributed by atoms with van der Waals surface area (Å²) in [6.07, 6.45) is -5.17. The van der Waals surface area contributed by atoms with Gasteiger partial charge >= 0.3 is 6.18 Å². The van der Waals surface area contributed by atoms with Gasteiger partial charge in [-0.1, -0.05) is 6.92 Å². The number of nitrogens with one attached hydrogen (secondary N) is 2. The van der Waals surface area contributed by atoms with Gasteiger partial charge in [-0.15, -0.1) is 0 Å². The maximum Gasteiger partial charge on any atom is 0.428 e. The van der Waals surface area contributed by atoms with Gasteiger partial charge < -0.3 is 10.1 Å². The van der Waals surface area contributed by atoms with Crippen LogP contribution in [0, 0.1) is 5.92 Å². The fraction of sp³-hybridized carbons (Fsp3) is 1.00. The van der Waals surface area contributed by atoms with Gasteiger partial charge in [0.2, 0.25) is 6.23 Å². The summed E-state index contributed by atoms with van der Waals surface area (Å²) in [6.45, 7) is 4.25. The molecule has 1 rings (SSSR count). The molecular formula is C14H29F3N4OS. The highest BCUT2D eigenvalue weighted by molar-refractivity contribution is 7.80.